The van der Waals surface area contributed by atoms with Gasteiger partial charge in [-0.1, -0.05) is 29.3 Å². The van der Waals surface area contributed by atoms with E-state index in [1.807, 2.05) is 23.3 Å². The van der Waals surface area contributed by atoms with Gasteiger partial charge in [-0.3, -0.25) is 14.4 Å². The van der Waals surface area contributed by atoms with E-state index in [9.17, 15) is 14.4 Å². The molecule has 218 valence electrons. The lowest BCUT2D eigenvalue weighted by Crippen LogP contribution is -2.59. The summed E-state index contributed by atoms with van der Waals surface area (Å²) in [7, 11) is 1.44. The molecule has 1 saturated heterocycles. The lowest BCUT2D eigenvalue weighted by Gasteiger charge is -2.45. The Morgan fingerprint density at radius 1 is 1.12 bits per heavy atom. The van der Waals surface area contributed by atoms with E-state index in [1.54, 1.807) is 23.1 Å². The quantitative estimate of drug-likeness (QED) is 0.357. The van der Waals surface area contributed by atoms with E-state index < -0.39 is 17.2 Å². The third kappa shape index (κ3) is 5.59. The highest BCUT2D eigenvalue weighted by Crippen LogP contribution is 2.44. The van der Waals surface area contributed by atoms with E-state index in [2.05, 4.69) is 5.32 Å². The Morgan fingerprint density at radius 3 is 2.39 bits per heavy atom. The number of rotatable bonds is 7. The number of halogens is 4. The number of carbonyl (C=O) groups is 2. The molecule has 2 fully saturated rings. The van der Waals surface area contributed by atoms with Gasteiger partial charge in [0, 0.05) is 54.0 Å². The van der Waals surface area contributed by atoms with Crippen molar-refractivity contribution < 1.29 is 18.7 Å². The number of hydrogen-bond donors (Lipinski definition) is 1. The number of anilines is 1. The zero-order valence-corrected chi connectivity index (χ0v) is 25.1. The van der Waals surface area contributed by atoms with Gasteiger partial charge in [-0.2, -0.15) is 0 Å². The zero-order chi connectivity index (χ0) is 29.6. The summed E-state index contributed by atoms with van der Waals surface area (Å²) in [6.45, 7) is 4.57. The number of amides is 2. The van der Waals surface area contributed by atoms with Crippen LogP contribution < -0.4 is 20.4 Å². The van der Waals surface area contributed by atoms with E-state index in [-0.39, 0.29) is 58.8 Å². The molecule has 0 bridgehead atoms. The monoisotopic (exact) mass is 622 g/mol. The predicted octanol–water partition coefficient (Wildman–Crippen LogP) is 5.39. The average molecular weight is 624 g/mol. The topological polar surface area (TPSA) is 83.9 Å². The van der Waals surface area contributed by atoms with Crippen LogP contribution in [0.15, 0.2) is 35.3 Å². The molecule has 1 saturated carbocycles. The number of ether oxygens (including phenoxy) is 1. The first-order chi connectivity index (χ1) is 19.5. The molecule has 1 N–H and O–H groups in total. The van der Waals surface area contributed by atoms with Crippen LogP contribution in [0.2, 0.25) is 10.0 Å². The highest BCUT2D eigenvalue weighted by Gasteiger charge is 2.36. The van der Waals surface area contributed by atoms with Gasteiger partial charge in [-0.05, 0) is 50.5 Å². The summed E-state index contributed by atoms with van der Waals surface area (Å²) < 4.78 is 23.6. The Morgan fingerprint density at radius 2 is 1.80 bits per heavy atom. The molecule has 2 heterocycles. The van der Waals surface area contributed by atoms with Crippen molar-refractivity contribution in [2.24, 2.45) is 0 Å². The third-order valence-electron chi connectivity index (χ3n) is 7.68. The Labute approximate surface area is 251 Å². The normalized spacial score (nSPS) is 19.0. The molecule has 12 heteroatoms. The Bertz CT molecular complexity index is 1580. The summed E-state index contributed by atoms with van der Waals surface area (Å²) in [6, 6.07) is 5.71. The van der Waals surface area contributed by atoms with Crippen LogP contribution >= 0.6 is 34.8 Å². The van der Waals surface area contributed by atoms with Crippen LogP contribution in [0.4, 0.5) is 10.1 Å². The van der Waals surface area contributed by atoms with Crippen LogP contribution in [0, 0.1) is 5.82 Å². The first kappa shape index (κ1) is 29.5. The number of aromatic nitrogens is 1. The van der Waals surface area contributed by atoms with E-state index in [4.69, 9.17) is 39.5 Å². The highest BCUT2D eigenvalue weighted by atomic mass is 35.5. The maximum Gasteiger partial charge on any atom is 0.257 e. The van der Waals surface area contributed by atoms with Gasteiger partial charge in [0.15, 0.2) is 11.6 Å². The number of pyridine rings is 1. The summed E-state index contributed by atoms with van der Waals surface area (Å²) in [6.07, 6.45) is 3.23. The molecule has 2 unspecified atom stereocenters. The Kier molecular flexibility index (Phi) is 8.41. The SMILES string of the molecule is COc1c(N2CC(C)N(C(=O)CCl)C(C)C2)c(F)cc2c(=O)c(C(=O)NCc3ccc(Cl)cc3Cl)cn(C3CC3)c12. The molecule has 2 aromatic carbocycles. The molecule has 2 atom stereocenters. The second-order valence-corrected chi connectivity index (χ2v) is 11.7. The molecule has 2 amide bonds. The maximum atomic E-state index is 15.9. The molecule has 5 rings (SSSR count). The molecule has 41 heavy (non-hydrogen) atoms. The van der Waals surface area contributed by atoms with Crippen molar-refractivity contribution in [3.63, 3.8) is 0 Å². The van der Waals surface area contributed by atoms with Crippen LogP contribution in [0.5, 0.6) is 5.75 Å². The van der Waals surface area contributed by atoms with Crippen molar-refractivity contribution in [3.05, 3.63) is 67.7 Å². The molecule has 3 aromatic rings. The van der Waals surface area contributed by atoms with Crippen LogP contribution in [-0.2, 0) is 11.3 Å². The summed E-state index contributed by atoms with van der Waals surface area (Å²) in [5.41, 5.74) is 0.605. The van der Waals surface area contributed by atoms with Gasteiger partial charge in [-0.15, -0.1) is 11.6 Å². The molecule has 0 radical (unpaired) electrons. The van der Waals surface area contributed by atoms with Gasteiger partial charge in [0.25, 0.3) is 5.91 Å². The van der Waals surface area contributed by atoms with Crippen LogP contribution in [0.3, 0.4) is 0 Å². The van der Waals surface area contributed by atoms with Crippen LogP contribution in [0.25, 0.3) is 10.9 Å². The van der Waals surface area contributed by atoms with Crippen molar-refractivity contribution >= 4 is 63.2 Å². The van der Waals surface area contributed by atoms with Crippen molar-refractivity contribution in [2.75, 3.05) is 31.0 Å². The van der Waals surface area contributed by atoms with E-state index >= 15 is 4.39 Å². The maximum absolute atomic E-state index is 15.9. The number of benzene rings is 2. The van der Waals surface area contributed by atoms with Gasteiger partial charge in [0.2, 0.25) is 11.3 Å². The number of fused-ring (bicyclic) bond motifs is 1. The zero-order valence-electron chi connectivity index (χ0n) is 22.8. The molecular weight excluding hydrogens is 594 g/mol. The van der Waals surface area contributed by atoms with Crippen LogP contribution in [0.1, 0.15) is 48.7 Å². The second kappa shape index (κ2) is 11.7. The van der Waals surface area contributed by atoms with Gasteiger partial charge >= 0.3 is 0 Å². The van der Waals surface area contributed by atoms with Crippen LogP contribution in [-0.4, -0.2) is 59.4 Å². The fourth-order valence-electron chi connectivity index (χ4n) is 5.74. The first-order valence-corrected chi connectivity index (χ1v) is 14.6. The fourth-order valence-corrected chi connectivity index (χ4v) is 6.35. The molecule has 1 aliphatic carbocycles. The number of nitrogens with zero attached hydrogens (tertiary/aromatic N) is 3. The summed E-state index contributed by atoms with van der Waals surface area (Å²) in [5, 5.41) is 3.67. The molecule has 0 spiro atoms. The third-order valence-corrected chi connectivity index (χ3v) is 8.49. The minimum atomic E-state index is -0.643. The number of methoxy groups -OCH3 is 1. The largest absolute Gasteiger partial charge is 0.492 e. The summed E-state index contributed by atoms with van der Waals surface area (Å²) in [5.74, 6) is -1.32. The van der Waals surface area contributed by atoms with E-state index in [0.717, 1.165) is 12.8 Å². The Balaban J connectivity index is 1.55. The molecular formula is C29H30Cl3FN4O4. The first-order valence-electron chi connectivity index (χ1n) is 13.3. The standard InChI is InChI=1S/C29H30Cl3FN4O4/c1-15-12-35(13-16(2)37(15)24(38)10-30)26-23(33)9-20-25(28(26)41-3)36(19-6-7-19)14-21(27(20)39)29(40)34-11-17-4-5-18(31)8-22(17)32/h4-5,8-9,14-16,19H,6-7,10-13H2,1-3H3,(H,34,40). The van der Waals surface area contributed by atoms with E-state index in [0.29, 0.717) is 34.2 Å². The molecule has 8 nitrogen and oxygen atoms in total. The van der Waals surface area contributed by atoms with Gasteiger partial charge in [0.05, 0.1) is 18.0 Å². The van der Waals surface area contributed by atoms with Crippen molar-refractivity contribution in [1.82, 2.24) is 14.8 Å². The molecule has 1 aliphatic heterocycles. The number of carbonyl (C=O) groups excluding carboxylic acids is 2. The molecule has 2 aliphatic rings. The Hall–Kier alpha value is -3.01. The predicted molar refractivity (Wildman–Crippen MR) is 159 cm³/mol. The minimum Gasteiger partial charge on any atom is -0.492 e. The minimum absolute atomic E-state index is 0.0404. The number of nitrogens with one attached hydrogen (secondary N) is 1. The molecule has 1 aromatic heterocycles. The number of piperazine rings is 1. The highest BCUT2D eigenvalue weighted by molar-refractivity contribution is 6.35. The fraction of sp³-hybridized carbons (Fsp3) is 0.414. The smallest absolute Gasteiger partial charge is 0.257 e. The van der Waals surface area contributed by atoms with Crippen molar-refractivity contribution in [1.29, 1.82) is 0 Å². The lowest BCUT2D eigenvalue weighted by molar-refractivity contribution is -0.133. The lowest BCUT2D eigenvalue weighted by atomic mass is 10.0. The van der Waals surface area contributed by atoms with Gasteiger partial charge in [0.1, 0.15) is 17.1 Å². The second-order valence-electron chi connectivity index (χ2n) is 10.6. The summed E-state index contributed by atoms with van der Waals surface area (Å²) in [4.78, 5) is 42.8. The van der Waals surface area contributed by atoms with Crippen molar-refractivity contribution in [2.45, 2.75) is 51.4 Å². The van der Waals surface area contributed by atoms with Gasteiger partial charge < -0.3 is 24.4 Å². The average Bonchev–Trinajstić information content (AvgIpc) is 3.77. The number of alkyl halides is 1. The van der Waals surface area contributed by atoms with Gasteiger partial charge in [-0.25, -0.2) is 4.39 Å². The summed E-state index contributed by atoms with van der Waals surface area (Å²) >= 11 is 18.0. The number of hydrogen-bond acceptors (Lipinski definition) is 5. The van der Waals surface area contributed by atoms with Crippen molar-refractivity contribution in [3.8, 4) is 5.75 Å². The van der Waals surface area contributed by atoms with E-state index in [1.165, 1.54) is 19.4 Å².